The van der Waals surface area contributed by atoms with Crippen LogP contribution in [0.25, 0.3) is 6.08 Å². The second-order valence-electron chi connectivity index (χ2n) is 4.90. The minimum absolute atomic E-state index is 0.0824. The summed E-state index contributed by atoms with van der Waals surface area (Å²) in [5.74, 6) is 0.532. The quantitative estimate of drug-likeness (QED) is 0.451. The molecule has 128 valence electrons. The van der Waals surface area contributed by atoms with Crippen molar-refractivity contribution in [3.63, 3.8) is 0 Å². The molecule has 2 aromatic carbocycles. The average Bonchev–Trinajstić information content (AvgIpc) is 2.62. The first-order chi connectivity index (χ1) is 12.0. The van der Waals surface area contributed by atoms with Gasteiger partial charge in [-0.15, -0.1) is 0 Å². The van der Waals surface area contributed by atoms with Crippen LogP contribution < -0.4 is 14.8 Å². The number of carbonyl (C=O) groups is 1. The fourth-order valence-electron chi connectivity index (χ4n) is 2.03. The molecule has 0 aliphatic carbocycles. The van der Waals surface area contributed by atoms with Gasteiger partial charge in [-0.25, -0.2) is 0 Å². The SMILES string of the molecule is COc1cc(Br)c(C=C(C#N)C(=O)Nc2ccc(O)cc2)cc1OC. The minimum Gasteiger partial charge on any atom is -0.508 e. The summed E-state index contributed by atoms with van der Waals surface area (Å²) >= 11 is 3.38. The number of benzene rings is 2. The Morgan fingerprint density at radius 3 is 2.36 bits per heavy atom. The van der Waals surface area contributed by atoms with Crippen molar-refractivity contribution < 1.29 is 19.4 Å². The van der Waals surface area contributed by atoms with E-state index in [0.717, 1.165) is 0 Å². The van der Waals surface area contributed by atoms with Gasteiger partial charge in [0.2, 0.25) is 0 Å². The Bertz CT molecular complexity index is 855. The van der Waals surface area contributed by atoms with Gasteiger partial charge in [0.1, 0.15) is 17.4 Å². The van der Waals surface area contributed by atoms with Crippen LogP contribution >= 0.6 is 15.9 Å². The molecule has 0 fully saturated rings. The highest BCUT2D eigenvalue weighted by Gasteiger charge is 2.13. The number of phenols is 1. The smallest absolute Gasteiger partial charge is 0.266 e. The fourth-order valence-corrected chi connectivity index (χ4v) is 2.46. The van der Waals surface area contributed by atoms with Gasteiger partial charge < -0.3 is 19.9 Å². The standard InChI is InChI=1S/C18H15BrN2O4/c1-24-16-8-11(15(19)9-17(16)25-2)7-12(10-20)18(23)21-13-3-5-14(22)6-4-13/h3-9,22H,1-2H3,(H,21,23). The van der Waals surface area contributed by atoms with Gasteiger partial charge in [0.05, 0.1) is 14.2 Å². The van der Waals surface area contributed by atoms with Gasteiger partial charge in [-0.2, -0.15) is 5.26 Å². The van der Waals surface area contributed by atoms with E-state index in [4.69, 9.17) is 9.47 Å². The Morgan fingerprint density at radius 2 is 1.80 bits per heavy atom. The van der Waals surface area contributed by atoms with Crippen LogP contribution in [-0.4, -0.2) is 25.2 Å². The van der Waals surface area contributed by atoms with Gasteiger partial charge in [-0.1, -0.05) is 15.9 Å². The van der Waals surface area contributed by atoms with Crippen LogP contribution in [0.5, 0.6) is 17.2 Å². The number of nitrogens with one attached hydrogen (secondary N) is 1. The van der Waals surface area contributed by atoms with E-state index in [2.05, 4.69) is 21.2 Å². The molecule has 0 aliphatic heterocycles. The molecule has 0 bridgehead atoms. The van der Waals surface area contributed by atoms with Crippen molar-refractivity contribution >= 4 is 33.6 Å². The Hall–Kier alpha value is -2.98. The van der Waals surface area contributed by atoms with Crippen molar-refractivity contribution in [2.24, 2.45) is 0 Å². The van der Waals surface area contributed by atoms with Crippen LogP contribution in [0.2, 0.25) is 0 Å². The first-order valence-electron chi connectivity index (χ1n) is 7.12. The number of nitrogens with zero attached hydrogens (tertiary/aromatic N) is 1. The number of methoxy groups -OCH3 is 2. The molecule has 7 heteroatoms. The molecule has 0 heterocycles. The predicted molar refractivity (Wildman–Crippen MR) is 97.6 cm³/mol. The number of halogens is 1. The maximum Gasteiger partial charge on any atom is 0.266 e. The number of aromatic hydroxyl groups is 1. The molecule has 0 atom stereocenters. The van der Waals surface area contributed by atoms with Crippen LogP contribution in [0.3, 0.4) is 0 Å². The largest absolute Gasteiger partial charge is 0.508 e. The van der Waals surface area contributed by atoms with E-state index in [9.17, 15) is 15.2 Å². The van der Waals surface area contributed by atoms with E-state index in [0.29, 0.717) is 27.2 Å². The molecule has 25 heavy (non-hydrogen) atoms. The number of carbonyl (C=O) groups excluding carboxylic acids is 1. The van der Waals surface area contributed by atoms with Gasteiger partial charge in [0, 0.05) is 10.2 Å². The van der Waals surface area contributed by atoms with Crippen LogP contribution in [0.1, 0.15) is 5.56 Å². The lowest BCUT2D eigenvalue weighted by Gasteiger charge is -2.10. The average molecular weight is 403 g/mol. The van der Waals surface area contributed by atoms with Crippen LogP contribution in [0, 0.1) is 11.3 Å². The summed E-state index contributed by atoms with van der Waals surface area (Å²) in [5, 5.41) is 21.2. The van der Waals surface area contributed by atoms with Gasteiger partial charge in [0.15, 0.2) is 11.5 Å². The maximum atomic E-state index is 12.3. The van der Waals surface area contributed by atoms with Crippen molar-refractivity contribution in [2.45, 2.75) is 0 Å². The third kappa shape index (κ3) is 4.52. The summed E-state index contributed by atoms with van der Waals surface area (Å²) in [7, 11) is 3.02. The number of rotatable bonds is 5. The van der Waals surface area contributed by atoms with Gasteiger partial charge >= 0.3 is 0 Å². The Morgan fingerprint density at radius 1 is 1.20 bits per heavy atom. The van der Waals surface area contributed by atoms with E-state index in [1.165, 1.54) is 44.6 Å². The Balaban J connectivity index is 2.32. The van der Waals surface area contributed by atoms with Gasteiger partial charge in [-0.3, -0.25) is 4.79 Å². The van der Waals surface area contributed by atoms with E-state index in [-0.39, 0.29) is 11.3 Å². The van der Waals surface area contributed by atoms with Crippen LogP contribution in [0.15, 0.2) is 46.4 Å². The lowest BCUT2D eigenvalue weighted by molar-refractivity contribution is -0.112. The molecule has 0 aromatic heterocycles. The molecule has 0 aliphatic rings. The van der Waals surface area contributed by atoms with Gasteiger partial charge in [-0.05, 0) is 48.0 Å². The number of ether oxygens (including phenoxy) is 2. The molecular formula is C18H15BrN2O4. The number of amides is 1. The number of phenolic OH excluding ortho intramolecular Hbond substituents is 1. The van der Waals surface area contributed by atoms with Crippen LogP contribution in [-0.2, 0) is 4.79 Å². The van der Waals surface area contributed by atoms with Crippen molar-refractivity contribution in [3.8, 4) is 23.3 Å². The highest BCUT2D eigenvalue weighted by atomic mass is 79.9. The van der Waals surface area contributed by atoms with E-state index in [1.807, 2.05) is 6.07 Å². The Labute approximate surface area is 153 Å². The molecule has 0 saturated carbocycles. The molecule has 2 rings (SSSR count). The zero-order valence-electron chi connectivity index (χ0n) is 13.5. The van der Waals surface area contributed by atoms with Crippen molar-refractivity contribution in [1.29, 1.82) is 5.26 Å². The second kappa shape index (κ2) is 8.22. The zero-order chi connectivity index (χ0) is 18.4. The molecular weight excluding hydrogens is 388 g/mol. The first-order valence-corrected chi connectivity index (χ1v) is 7.91. The third-order valence-corrected chi connectivity index (χ3v) is 3.98. The number of hydrogen-bond donors (Lipinski definition) is 2. The lowest BCUT2D eigenvalue weighted by Crippen LogP contribution is -2.13. The second-order valence-corrected chi connectivity index (χ2v) is 5.75. The molecule has 2 N–H and O–H groups in total. The molecule has 6 nitrogen and oxygen atoms in total. The first kappa shape index (κ1) is 18.4. The molecule has 2 aromatic rings. The monoisotopic (exact) mass is 402 g/mol. The summed E-state index contributed by atoms with van der Waals surface area (Å²) < 4.78 is 11.1. The normalized spacial score (nSPS) is 10.7. The Kier molecular flexibility index (Phi) is 6.03. The highest BCUT2D eigenvalue weighted by Crippen LogP contribution is 2.34. The maximum absolute atomic E-state index is 12.3. The summed E-state index contributed by atoms with van der Waals surface area (Å²) in [6.45, 7) is 0. The minimum atomic E-state index is -0.560. The molecule has 0 saturated heterocycles. The van der Waals surface area contributed by atoms with Crippen molar-refractivity contribution in [2.75, 3.05) is 19.5 Å². The van der Waals surface area contributed by atoms with E-state index < -0.39 is 5.91 Å². The van der Waals surface area contributed by atoms with E-state index >= 15 is 0 Å². The molecule has 0 radical (unpaired) electrons. The third-order valence-electron chi connectivity index (χ3n) is 3.29. The van der Waals surface area contributed by atoms with Crippen molar-refractivity contribution in [1.82, 2.24) is 0 Å². The molecule has 0 spiro atoms. The highest BCUT2D eigenvalue weighted by molar-refractivity contribution is 9.10. The van der Waals surface area contributed by atoms with Crippen LogP contribution in [0.4, 0.5) is 5.69 Å². The van der Waals surface area contributed by atoms with Gasteiger partial charge in [0.25, 0.3) is 5.91 Å². The number of nitriles is 1. The summed E-state index contributed by atoms with van der Waals surface area (Å²) in [4.78, 5) is 12.3. The lowest BCUT2D eigenvalue weighted by atomic mass is 10.1. The molecule has 1 amide bonds. The number of anilines is 1. The summed E-state index contributed by atoms with van der Waals surface area (Å²) in [6, 6.07) is 11.2. The fraction of sp³-hybridized carbons (Fsp3) is 0.111. The topological polar surface area (TPSA) is 91.6 Å². The summed E-state index contributed by atoms with van der Waals surface area (Å²) in [5.41, 5.74) is 0.978. The summed E-state index contributed by atoms with van der Waals surface area (Å²) in [6.07, 6.45) is 1.45. The predicted octanol–water partition coefficient (Wildman–Crippen LogP) is 3.72. The van der Waals surface area contributed by atoms with Crippen molar-refractivity contribution in [3.05, 3.63) is 52.0 Å². The zero-order valence-corrected chi connectivity index (χ0v) is 15.1. The van der Waals surface area contributed by atoms with E-state index in [1.54, 1.807) is 12.1 Å². The molecule has 0 unspecified atom stereocenters. The number of hydrogen-bond acceptors (Lipinski definition) is 5.